The van der Waals surface area contributed by atoms with Crippen LogP contribution in [0.15, 0.2) is 22.8 Å². The number of hydrogen-bond acceptors (Lipinski definition) is 6. The molecule has 8 heteroatoms. The molecule has 0 aliphatic carbocycles. The second kappa shape index (κ2) is 6.69. The second-order valence-corrected chi connectivity index (χ2v) is 4.24. The molecular weight excluding hydrogens is 276 g/mol. The van der Waals surface area contributed by atoms with Gasteiger partial charge in [0.2, 0.25) is 5.91 Å². The third kappa shape index (κ3) is 3.47. The minimum absolute atomic E-state index is 0.0200. The van der Waals surface area contributed by atoms with Crippen molar-refractivity contribution < 1.29 is 18.7 Å². The van der Waals surface area contributed by atoms with Crippen molar-refractivity contribution in [3.8, 4) is 0 Å². The van der Waals surface area contributed by atoms with Gasteiger partial charge in [-0.2, -0.15) is 0 Å². The Hall–Kier alpha value is -2.64. The SMILES string of the molecule is CCc1c(C(=O)OC)nnn1CC(=O)NCc1ccco1. The first-order valence-corrected chi connectivity index (χ1v) is 6.45. The fourth-order valence-electron chi connectivity index (χ4n) is 1.86. The molecule has 2 rings (SSSR count). The lowest BCUT2D eigenvalue weighted by atomic mass is 10.2. The van der Waals surface area contributed by atoms with Crippen LogP contribution in [0.25, 0.3) is 0 Å². The van der Waals surface area contributed by atoms with Crippen molar-refractivity contribution in [1.82, 2.24) is 20.3 Å². The van der Waals surface area contributed by atoms with Crippen LogP contribution < -0.4 is 5.32 Å². The monoisotopic (exact) mass is 292 g/mol. The molecule has 2 aromatic heterocycles. The van der Waals surface area contributed by atoms with Gasteiger partial charge < -0.3 is 14.5 Å². The minimum Gasteiger partial charge on any atom is -0.467 e. The van der Waals surface area contributed by atoms with E-state index in [1.54, 1.807) is 12.1 Å². The molecule has 2 aromatic rings. The molecular formula is C13H16N4O4. The Labute approximate surface area is 121 Å². The quantitative estimate of drug-likeness (QED) is 0.780. The summed E-state index contributed by atoms with van der Waals surface area (Å²) >= 11 is 0. The lowest BCUT2D eigenvalue weighted by Crippen LogP contribution is -2.28. The number of rotatable bonds is 6. The zero-order valence-electron chi connectivity index (χ0n) is 11.8. The van der Waals surface area contributed by atoms with E-state index >= 15 is 0 Å². The van der Waals surface area contributed by atoms with E-state index in [1.165, 1.54) is 18.1 Å². The Bertz CT molecular complexity index is 618. The molecule has 0 saturated heterocycles. The fraction of sp³-hybridized carbons (Fsp3) is 0.385. The average Bonchev–Trinajstić information content (AvgIpc) is 3.13. The van der Waals surface area contributed by atoms with E-state index in [0.29, 0.717) is 24.4 Å². The number of furan rings is 1. The lowest BCUT2D eigenvalue weighted by molar-refractivity contribution is -0.122. The molecule has 0 aromatic carbocycles. The average molecular weight is 292 g/mol. The van der Waals surface area contributed by atoms with Crippen molar-refractivity contribution in [2.24, 2.45) is 0 Å². The number of esters is 1. The van der Waals surface area contributed by atoms with Crippen LogP contribution >= 0.6 is 0 Å². The molecule has 8 nitrogen and oxygen atoms in total. The van der Waals surface area contributed by atoms with E-state index in [4.69, 9.17) is 4.42 Å². The van der Waals surface area contributed by atoms with Crippen molar-refractivity contribution in [2.45, 2.75) is 26.4 Å². The van der Waals surface area contributed by atoms with E-state index in [2.05, 4.69) is 20.4 Å². The lowest BCUT2D eigenvalue weighted by Gasteiger charge is -2.06. The largest absolute Gasteiger partial charge is 0.467 e. The summed E-state index contributed by atoms with van der Waals surface area (Å²) in [7, 11) is 1.27. The fourth-order valence-corrected chi connectivity index (χ4v) is 1.86. The van der Waals surface area contributed by atoms with Crippen LogP contribution in [0.5, 0.6) is 0 Å². The molecule has 1 N–H and O–H groups in total. The first-order chi connectivity index (χ1) is 10.2. The highest BCUT2D eigenvalue weighted by Crippen LogP contribution is 2.08. The Morgan fingerprint density at radius 1 is 1.48 bits per heavy atom. The van der Waals surface area contributed by atoms with E-state index < -0.39 is 5.97 Å². The van der Waals surface area contributed by atoms with Gasteiger partial charge in [-0.1, -0.05) is 12.1 Å². The highest BCUT2D eigenvalue weighted by molar-refractivity contribution is 5.88. The molecule has 0 spiro atoms. The topological polar surface area (TPSA) is 99.2 Å². The standard InChI is InChI=1S/C13H16N4O4/c1-3-10-12(13(19)20-2)15-16-17(10)8-11(18)14-7-9-5-4-6-21-9/h4-6H,3,7-8H2,1-2H3,(H,14,18). The van der Waals surface area contributed by atoms with Gasteiger partial charge in [-0.25, -0.2) is 9.48 Å². The Kier molecular flexibility index (Phi) is 4.70. The Morgan fingerprint density at radius 2 is 2.29 bits per heavy atom. The predicted molar refractivity (Wildman–Crippen MR) is 71.3 cm³/mol. The van der Waals surface area contributed by atoms with Gasteiger partial charge in [0, 0.05) is 0 Å². The summed E-state index contributed by atoms with van der Waals surface area (Å²) in [6.07, 6.45) is 2.06. The van der Waals surface area contributed by atoms with E-state index in [0.717, 1.165) is 0 Å². The highest BCUT2D eigenvalue weighted by atomic mass is 16.5. The number of methoxy groups -OCH3 is 1. The number of carbonyl (C=O) groups is 2. The van der Waals surface area contributed by atoms with E-state index in [-0.39, 0.29) is 18.1 Å². The molecule has 0 atom stereocenters. The molecule has 2 heterocycles. The molecule has 112 valence electrons. The first-order valence-electron chi connectivity index (χ1n) is 6.45. The summed E-state index contributed by atoms with van der Waals surface area (Å²) in [6.45, 7) is 2.13. The zero-order valence-corrected chi connectivity index (χ0v) is 11.8. The first kappa shape index (κ1) is 14.8. The van der Waals surface area contributed by atoms with Crippen molar-refractivity contribution >= 4 is 11.9 Å². The van der Waals surface area contributed by atoms with Gasteiger partial charge in [0.05, 0.1) is 25.6 Å². The smallest absolute Gasteiger partial charge is 0.360 e. The van der Waals surface area contributed by atoms with Crippen LogP contribution in [-0.4, -0.2) is 34.0 Å². The summed E-state index contributed by atoms with van der Waals surface area (Å²) in [4.78, 5) is 23.4. The summed E-state index contributed by atoms with van der Waals surface area (Å²) in [5.41, 5.74) is 0.703. The van der Waals surface area contributed by atoms with Crippen LogP contribution in [0.2, 0.25) is 0 Å². The van der Waals surface area contributed by atoms with Crippen LogP contribution in [0.3, 0.4) is 0 Å². The van der Waals surface area contributed by atoms with Gasteiger partial charge in [-0.15, -0.1) is 5.10 Å². The molecule has 0 radical (unpaired) electrons. The van der Waals surface area contributed by atoms with Gasteiger partial charge >= 0.3 is 5.97 Å². The molecule has 0 saturated carbocycles. The maximum absolute atomic E-state index is 11.9. The number of nitrogens with zero attached hydrogens (tertiary/aromatic N) is 3. The Balaban J connectivity index is 2.00. The second-order valence-electron chi connectivity index (χ2n) is 4.24. The number of aromatic nitrogens is 3. The van der Waals surface area contributed by atoms with E-state index in [9.17, 15) is 9.59 Å². The summed E-state index contributed by atoms with van der Waals surface area (Å²) in [5.74, 6) is -0.149. The molecule has 0 fully saturated rings. The van der Waals surface area contributed by atoms with Gasteiger partial charge in [0.15, 0.2) is 5.69 Å². The summed E-state index contributed by atoms with van der Waals surface area (Å²) < 4.78 is 11.1. The van der Waals surface area contributed by atoms with Gasteiger partial charge in [-0.05, 0) is 18.6 Å². The summed E-state index contributed by atoms with van der Waals surface area (Å²) in [6, 6.07) is 3.51. The number of carbonyl (C=O) groups excluding carboxylic acids is 2. The maximum atomic E-state index is 11.9. The highest BCUT2D eigenvalue weighted by Gasteiger charge is 2.20. The van der Waals surface area contributed by atoms with Crippen molar-refractivity contribution in [3.63, 3.8) is 0 Å². The normalized spacial score (nSPS) is 10.4. The summed E-state index contributed by atoms with van der Waals surface area (Å²) in [5, 5.41) is 10.3. The van der Waals surface area contributed by atoms with Gasteiger partial charge in [0.25, 0.3) is 0 Å². The minimum atomic E-state index is -0.561. The number of hydrogen-bond donors (Lipinski definition) is 1. The number of ether oxygens (including phenoxy) is 1. The zero-order chi connectivity index (χ0) is 15.2. The number of nitrogens with one attached hydrogen (secondary N) is 1. The van der Waals surface area contributed by atoms with Crippen LogP contribution in [0.1, 0.15) is 28.9 Å². The van der Waals surface area contributed by atoms with Crippen LogP contribution in [-0.2, 0) is 29.0 Å². The number of amides is 1. The predicted octanol–water partition coefficient (Wildman–Crippen LogP) is 0.536. The molecule has 0 bridgehead atoms. The molecule has 1 amide bonds. The van der Waals surface area contributed by atoms with Gasteiger partial charge in [-0.3, -0.25) is 4.79 Å². The Morgan fingerprint density at radius 3 is 2.90 bits per heavy atom. The molecule has 0 unspecified atom stereocenters. The van der Waals surface area contributed by atoms with Crippen molar-refractivity contribution in [2.75, 3.05) is 7.11 Å². The third-order valence-electron chi connectivity index (χ3n) is 2.88. The van der Waals surface area contributed by atoms with Crippen molar-refractivity contribution in [1.29, 1.82) is 0 Å². The van der Waals surface area contributed by atoms with Gasteiger partial charge in [0.1, 0.15) is 12.3 Å². The van der Waals surface area contributed by atoms with Crippen molar-refractivity contribution in [3.05, 3.63) is 35.5 Å². The van der Waals surface area contributed by atoms with Crippen LogP contribution in [0, 0.1) is 0 Å². The van der Waals surface area contributed by atoms with E-state index in [1.807, 2.05) is 6.92 Å². The molecule has 0 aliphatic heterocycles. The third-order valence-corrected chi connectivity index (χ3v) is 2.88. The maximum Gasteiger partial charge on any atom is 0.360 e. The molecule has 0 aliphatic rings. The van der Waals surface area contributed by atoms with Crippen LogP contribution in [0.4, 0.5) is 0 Å². The molecule has 21 heavy (non-hydrogen) atoms.